The number of nitrogens with one attached hydrogen (secondary N) is 2. The Morgan fingerprint density at radius 2 is 2.03 bits per heavy atom. The molecule has 0 radical (unpaired) electrons. The Morgan fingerprint density at radius 1 is 1.16 bits per heavy atom. The van der Waals surface area contributed by atoms with E-state index in [1.54, 1.807) is 36.9 Å². The number of rotatable bonds is 5. The van der Waals surface area contributed by atoms with E-state index in [2.05, 4.69) is 25.3 Å². The molecular formula is C22H18N6O3. The molecule has 9 nitrogen and oxygen atoms in total. The molecule has 0 aliphatic heterocycles. The molecule has 2 N–H and O–H groups in total. The van der Waals surface area contributed by atoms with Crippen LogP contribution in [0.3, 0.4) is 0 Å². The lowest BCUT2D eigenvalue weighted by Crippen LogP contribution is -2.13. The normalized spacial score (nSPS) is 11.5. The average molecular weight is 414 g/mol. The summed E-state index contributed by atoms with van der Waals surface area (Å²) >= 11 is 0. The molecule has 1 amide bonds. The lowest BCUT2D eigenvalue weighted by Gasteiger charge is -2.07. The van der Waals surface area contributed by atoms with Crippen molar-refractivity contribution in [2.24, 2.45) is 0 Å². The van der Waals surface area contributed by atoms with Crippen LogP contribution in [0.25, 0.3) is 22.1 Å². The molecule has 0 spiro atoms. The van der Waals surface area contributed by atoms with E-state index in [1.807, 2.05) is 18.4 Å². The summed E-state index contributed by atoms with van der Waals surface area (Å²) in [6.45, 7) is 4.04. The second kappa shape index (κ2) is 7.21. The minimum absolute atomic E-state index is 0.129. The Morgan fingerprint density at radius 3 is 2.84 bits per heavy atom. The van der Waals surface area contributed by atoms with Crippen LogP contribution in [-0.2, 0) is 0 Å². The largest absolute Gasteiger partial charge is 0.463 e. The Balaban J connectivity index is 1.45. The maximum atomic E-state index is 13.2. The fraction of sp³-hybridized carbons (Fsp3) is 0.136. The number of hydrogen-bond donors (Lipinski definition) is 2. The number of H-pyrrole nitrogens is 1. The standard InChI is InChI=1S/C22H18N6O3/c1-12(2)28-10-16(15-9-24-11-25-21(15)28)20(29)13-5-14(8-23-7-13)26-22(30)18-6-19-17(27-18)3-4-31-19/h3-12,27H,1-2H3,(H,26,30). The van der Waals surface area contributed by atoms with Crippen LogP contribution >= 0.6 is 0 Å². The van der Waals surface area contributed by atoms with E-state index in [1.165, 1.54) is 18.7 Å². The van der Waals surface area contributed by atoms with Crippen LogP contribution in [0.15, 0.2) is 60.0 Å². The number of carbonyl (C=O) groups excluding carboxylic acids is 2. The zero-order chi connectivity index (χ0) is 21.5. The first kappa shape index (κ1) is 18.7. The van der Waals surface area contributed by atoms with Crippen molar-refractivity contribution in [2.75, 3.05) is 5.32 Å². The van der Waals surface area contributed by atoms with Gasteiger partial charge in [-0.25, -0.2) is 9.97 Å². The number of aromatic nitrogens is 5. The predicted molar refractivity (Wildman–Crippen MR) is 114 cm³/mol. The summed E-state index contributed by atoms with van der Waals surface area (Å²) in [5.74, 6) is -0.581. The summed E-state index contributed by atoms with van der Waals surface area (Å²) in [5, 5.41) is 3.43. The second-order valence-electron chi connectivity index (χ2n) is 7.43. The van der Waals surface area contributed by atoms with Crippen molar-refractivity contribution >= 4 is 39.5 Å². The maximum absolute atomic E-state index is 13.2. The van der Waals surface area contributed by atoms with Gasteiger partial charge >= 0.3 is 0 Å². The number of aromatic amines is 1. The molecule has 0 unspecified atom stereocenters. The summed E-state index contributed by atoms with van der Waals surface area (Å²) < 4.78 is 7.21. The zero-order valence-corrected chi connectivity index (χ0v) is 16.8. The quantitative estimate of drug-likeness (QED) is 0.420. The molecule has 5 rings (SSSR count). The van der Waals surface area contributed by atoms with Crippen LogP contribution < -0.4 is 5.32 Å². The molecular weight excluding hydrogens is 396 g/mol. The summed E-state index contributed by atoms with van der Waals surface area (Å²) in [4.78, 5) is 41.3. The van der Waals surface area contributed by atoms with Gasteiger partial charge in [0, 0.05) is 47.7 Å². The van der Waals surface area contributed by atoms with E-state index < -0.39 is 0 Å². The van der Waals surface area contributed by atoms with E-state index >= 15 is 0 Å². The number of amides is 1. The fourth-order valence-electron chi connectivity index (χ4n) is 3.52. The lowest BCUT2D eigenvalue weighted by molar-refractivity contribution is 0.101. The van der Waals surface area contributed by atoms with E-state index in [9.17, 15) is 9.59 Å². The number of nitrogens with zero attached hydrogens (tertiary/aromatic N) is 4. The minimum atomic E-state index is -0.359. The smallest absolute Gasteiger partial charge is 0.272 e. The highest BCUT2D eigenvalue weighted by atomic mass is 16.3. The Hall–Kier alpha value is -4.27. The molecule has 154 valence electrons. The molecule has 0 atom stereocenters. The molecule has 0 bridgehead atoms. The fourth-order valence-corrected chi connectivity index (χ4v) is 3.52. The second-order valence-corrected chi connectivity index (χ2v) is 7.43. The highest BCUT2D eigenvalue weighted by Gasteiger charge is 2.20. The van der Waals surface area contributed by atoms with E-state index in [-0.39, 0.29) is 17.7 Å². The van der Waals surface area contributed by atoms with Crippen molar-refractivity contribution in [3.05, 3.63) is 72.4 Å². The third kappa shape index (κ3) is 3.25. The summed E-state index contributed by atoms with van der Waals surface area (Å²) in [6, 6.07) is 5.09. The van der Waals surface area contributed by atoms with Crippen LogP contribution in [0.2, 0.25) is 0 Å². The van der Waals surface area contributed by atoms with Crippen LogP contribution in [0, 0.1) is 0 Å². The molecule has 5 aromatic heterocycles. The highest BCUT2D eigenvalue weighted by Crippen LogP contribution is 2.25. The topological polar surface area (TPSA) is 119 Å². The summed E-state index contributed by atoms with van der Waals surface area (Å²) in [7, 11) is 0. The first-order valence-electron chi connectivity index (χ1n) is 9.69. The van der Waals surface area contributed by atoms with E-state index in [0.29, 0.717) is 39.1 Å². The third-order valence-electron chi connectivity index (χ3n) is 5.04. The molecule has 5 aromatic rings. The first-order chi connectivity index (χ1) is 15.0. The zero-order valence-electron chi connectivity index (χ0n) is 16.8. The molecule has 0 fully saturated rings. The first-order valence-corrected chi connectivity index (χ1v) is 9.69. The van der Waals surface area contributed by atoms with Crippen molar-refractivity contribution in [3.8, 4) is 0 Å². The maximum Gasteiger partial charge on any atom is 0.272 e. The molecule has 31 heavy (non-hydrogen) atoms. The SMILES string of the molecule is CC(C)n1cc(C(=O)c2cncc(NC(=O)c3cc4occc4[nH]3)c2)c2cncnc21. The van der Waals surface area contributed by atoms with Gasteiger partial charge in [0.2, 0.25) is 0 Å². The van der Waals surface area contributed by atoms with Gasteiger partial charge in [-0.2, -0.15) is 0 Å². The molecule has 0 aliphatic carbocycles. The van der Waals surface area contributed by atoms with Crippen molar-refractivity contribution < 1.29 is 14.0 Å². The number of fused-ring (bicyclic) bond motifs is 2. The number of anilines is 1. The predicted octanol–water partition coefficient (Wildman–Crippen LogP) is 3.96. The van der Waals surface area contributed by atoms with Gasteiger partial charge in [-0.15, -0.1) is 0 Å². The molecule has 9 heteroatoms. The number of carbonyl (C=O) groups is 2. The van der Waals surface area contributed by atoms with Gasteiger partial charge in [0.1, 0.15) is 17.7 Å². The average Bonchev–Trinajstić information content (AvgIpc) is 3.46. The van der Waals surface area contributed by atoms with Gasteiger partial charge in [-0.05, 0) is 19.9 Å². The Kier molecular flexibility index (Phi) is 4.36. The Labute approximate surface area is 176 Å². The van der Waals surface area contributed by atoms with Crippen molar-refractivity contribution in [1.29, 1.82) is 0 Å². The van der Waals surface area contributed by atoms with Gasteiger partial charge in [-0.3, -0.25) is 14.6 Å². The third-order valence-corrected chi connectivity index (χ3v) is 5.04. The molecule has 0 saturated heterocycles. The van der Waals surface area contributed by atoms with Gasteiger partial charge in [0.05, 0.1) is 29.2 Å². The van der Waals surface area contributed by atoms with E-state index in [0.717, 1.165) is 5.52 Å². The molecule has 5 heterocycles. The van der Waals surface area contributed by atoms with Gasteiger partial charge < -0.3 is 19.3 Å². The number of pyridine rings is 1. The lowest BCUT2D eigenvalue weighted by atomic mass is 10.1. The molecule has 0 aliphatic rings. The summed E-state index contributed by atoms with van der Waals surface area (Å²) in [5.41, 5.74) is 3.62. The van der Waals surface area contributed by atoms with Crippen LogP contribution in [-0.4, -0.2) is 36.2 Å². The number of hydrogen-bond acceptors (Lipinski definition) is 6. The highest BCUT2D eigenvalue weighted by molar-refractivity contribution is 6.16. The number of furan rings is 1. The molecule has 0 saturated carbocycles. The van der Waals surface area contributed by atoms with Crippen molar-refractivity contribution in [1.82, 2.24) is 24.5 Å². The monoisotopic (exact) mass is 414 g/mol. The van der Waals surface area contributed by atoms with E-state index in [4.69, 9.17) is 4.42 Å². The van der Waals surface area contributed by atoms with Gasteiger partial charge in [0.15, 0.2) is 11.4 Å². The van der Waals surface area contributed by atoms with Crippen LogP contribution in [0.5, 0.6) is 0 Å². The van der Waals surface area contributed by atoms with Gasteiger partial charge in [-0.1, -0.05) is 0 Å². The molecule has 0 aromatic carbocycles. The van der Waals surface area contributed by atoms with Gasteiger partial charge in [0.25, 0.3) is 5.91 Å². The minimum Gasteiger partial charge on any atom is -0.463 e. The number of ketones is 1. The Bertz CT molecular complexity index is 1410. The van der Waals surface area contributed by atoms with Crippen molar-refractivity contribution in [2.45, 2.75) is 19.9 Å². The van der Waals surface area contributed by atoms with Crippen molar-refractivity contribution in [3.63, 3.8) is 0 Å². The van der Waals surface area contributed by atoms with Crippen LogP contribution in [0.4, 0.5) is 5.69 Å². The summed E-state index contributed by atoms with van der Waals surface area (Å²) in [6.07, 6.45) is 9.39. The van der Waals surface area contributed by atoms with Crippen LogP contribution in [0.1, 0.15) is 46.3 Å².